The first-order valence-electron chi connectivity index (χ1n) is 6.15. The number of hydrogen-bond donors (Lipinski definition) is 0. The van der Waals surface area contributed by atoms with Crippen molar-refractivity contribution in [3.05, 3.63) is 0 Å². The highest BCUT2D eigenvalue weighted by Crippen LogP contribution is 2.36. The lowest BCUT2D eigenvalue weighted by atomic mass is 9.73. The van der Waals surface area contributed by atoms with Crippen molar-refractivity contribution in [2.24, 2.45) is 17.3 Å². The number of nitrogens with zero attached hydrogens (tertiary/aromatic N) is 1. The second-order valence-corrected chi connectivity index (χ2v) is 5.83. The van der Waals surface area contributed by atoms with Gasteiger partial charge in [0.2, 0.25) is 5.91 Å². The fraction of sp³-hybridized carbons (Fsp3) is 0.923. The van der Waals surface area contributed by atoms with Crippen molar-refractivity contribution < 1.29 is 4.79 Å². The Kier molecular flexibility index (Phi) is 3.80. The summed E-state index contributed by atoms with van der Waals surface area (Å²) in [6, 6.07) is 0. The van der Waals surface area contributed by atoms with E-state index in [2.05, 4.69) is 25.7 Å². The summed E-state index contributed by atoms with van der Waals surface area (Å²) >= 11 is 0. The maximum Gasteiger partial charge on any atom is 0.225 e. The average Bonchev–Trinajstić information content (AvgIpc) is 2.16. The molecule has 2 heteroatoms. The van der Waals surface area contributed by atoms with Crippen LogP contribution in [0.2, 0.25) is 0 Å². The van der Waals surface area contributed by atoms with E-state index in [1.165, 1.54) is 6.42 Å². The zero-order valence-electron chi connectivity index (χ0n) is 10.8. The van der Waals surface area contributed by atoms with Crippen LogP contribution in [0, 0.1) is 17.3 Å². The summed E-state index contributed by atoms with van der Waals surface area (Å²) in [6.07, 6.45) is 2.42. The quantitative estimate of drug-likeness (QED) is 0.687. The SMILES string of the molecule is CC(C)C(=O)N1CCCC(C)(C(C)C)C1. The largest absolute Gasteiger partial charge is 0.342 e. The molecule has 1 aliphatic rings. The van der Waals surface area contributed by atoms with E-state index in [9.17, 15) is 4.79 Å². The smallest absolute Gasteiger partial charge is 0.225 e. The Balaban J connectivity index is 2.68. The van der Waals surface area contributed by atoms with Gasteiger partial charge in [-0.2, -0.15) is 0 Å². The van der Waals surface area contributed by atoms with E-state index in [0.717, 1.165) is 19.5 Å². The molecule has 0 aromatic rings. The van der Waals surface area contributed by atoms with Crippen LogP contribution in [-0.2, 0) is 4.79 Å². The maximum atomic E-state index is 11.9. The molecule has 0 aromatic carbocycles. The van der Waals surface area contributed by atoms with Crippen molar-refractivity contribution in [3.63, 3.8) is 0 Å². The van der Waals surface area contributed by atoms with E-state index in [0.29, 0.717) is 17.2 Å². The van der Waals surface area contributed by atoms with Gasteiger partial charge in [0, 0.05) is 19.0 Å². The molecule has 1 atom stereocenters. The van der Waals surface area contributed by atoms with E-state index in [1.807, 2.05) is 13.8 Å². The number of rotatable bonds is 2. The van der Waals surface area contributed by atoms with E-state index >= 15 is 0 Å². The Labute approximate surface area is 94.0 Å². The lowest BCUT2D eigenvalue weighted by molar-refractivity contribution is -0.138. The minimum absolute atomic E-state index is 0.138. The molecule has 2 nitrogen and oxygen atoms in total. The molecule has 1 rings (SSSR count). The number of amides is 1. The zero-order valence-corrected chi connectivity index (χ0v) is 10.8. The van der Waals surface area contributed by atoms with Crippen LogP contribution < -0.4 is 0 Å². The Morgan fingerprint density at radius 3 is 2.33 bits per heavy atom. The third kappa shape index (κ3) is 2.73. The van der Waals surface area contributed by atoms with Gasteiger partial charge in [-0.3, -0.25) is 4.79 Å². The molecule has 88 valence electrons. The Bertz CT molecular complexity index is 235. The summed E-state index contributed by atoms with van der Waals surface area (Å²) in [5, 5.41) is 0. The molecule has 0 N–H and O–H groups in total. The van der Waals surface area contributed by atoms with E-state index in [4.69, 9.17) is 0 Å². The number of hydrogen-bond acceptors (Lipinski definition) is 1. The standard InChI is InChI=1S/C13H25NO/c1-10(2)12(15)14-8-6-7-13(5,9-14)11(3)4/h10-11H,6-9H2,1-5H3. The molecule has 1 amide bonds. The Morgan fingerprint density at radius 2 is 1.87 bits per heavy atom. The highest BCUT2D eigenvalue weighted by atomic mass is 16.2. The summed E-state index contributed by atoms with van der Waals surface area (Å²) in [5.41, 5.74) is 0.322. The average molecular weight is 211 g/mol. The fourth-order valence-electron chi connectivity index (χ4n) is 2.29. The molecular formula is C13H25NO. The van der Waals surface area contributed by atoms with Gasteiger partial charge in [0.1, 0.15) is 0 Å². The summed E-state index contributed by atoms with van der Waals surface area (Å²) in [5.74, 6) is 1.11. The van der Waals surface area contributed by atoms with Gasteiger partial charge in [-0.25, -0.2) is 0 Å². The molecule has 0 radical (unpaired) electrons. The van der Waals surface area contributed by atoms with Crippen LogP contribution in [0.3, 0.4) is 0 Å². The molecule has 15 heavy (non-hydrogen) atoms. The fourth-order valence-corrected chi connectivity index (χ4v) is 2.29. The number of likely N-dealkylation sites (tertiary alicyclic amines) is 1. The van der Waals surface area contributed by atoms with Gasteiger partial charge in [-0.1, -0.05) is 34.6 Å². The molecule has 0 bridgehead atoms. The summed E-state index contributed by atoms with van der Waals surface area (Å²) in [6.45, 7) is 12.7. The van der Waals surface area contributed by atoms with E-state index in [1.54, 1.807) is 0 Å². The first-order chi connectivity index (χ1) is 6.87. The maximum absolute atomic E-state index is 11.9. The van der Waals surface area contributed by atoms with Crippen LogP contribution in [0.4, 0.5) is 0 Å². The molecule has 1 unspecified atom stereocenters. The van der Waals surface area contributed by atoms with Crippen molar-refractivity contribution >= 4 is 5.91 Å². The lowest BCUT2D eigenvalue weighted by Gasteiger charge is -2.43. The van der Waals surface area contributed by atoms with Gasteiger partial charge in [0.25, 0.3) is 0 Å². The van der Waals surface area contributed by atoms with Gasteiger partial charge in [-0.15, -0.1) is 0 Å². The topological polar surface area (TPSA) is 20.3 Å². The summed E-state index contributed by atoms with van der Waals surface area (Å²) in [7, 11) is 0. The van der Waals surface area contributed by atoms with E-state index in [-0.39, 0.29) is 5.92 Å². The van der Waals surface area contributed by atoms with Crippen LogP contribution in [0.15, 0.2) is 0 Å². The highest BCUT2D eigenvalue weighted by Gasteiger charge is 2.35. The molecule has 1 aliphatic heterocycles. The monoisotopic (exact) mass is 211 g/mol. The first kappa shape index (κ1) is 12.5. The van der Waals surface area contributed by atoms with Crippen molar-refractivity contribution in [1.82, 2.24) is 4.90 Å². The summed E-state index contributed by atoms with van der Waals surface area (Å²) in [4.78, 5) is 14.0. The second-order valence-electron chi connectivity index (χ2n) is 5.83. The predicted molar refractivity (Wildman–Crippen MR) is 63.6 cm³/mol. The summed E-state index contributed by atoms with van der Waals surface area (Å²) < 4.78 is 0. The molecule has 1 saturated heterocycles. The minimum atomic E-state index is 0.138. The third-order valence-electron chi connectivity index (χ3n) is 3.93. The molecule has 1 heterocycles. The molecular weight excluding hydrogens is 186 g/mol. The van der Waals surface area contributed by atoms with Crippen LogP contribution in [0.5, 0.6) is 0 Å². The Hall–Kier alpha value is -0.530. The van der Waals surface area contributed by atoms with Crippen LogP contribution >= 0.6 is 0 Å². The van der Waals surface area contributed by atoms with Crippen LogP contribution in [-0.4, -0.2) is 23.9 Å². The van der Waals surface area contributed by atoms with Crippen molar-refractivity contribution in [2.45, 2.75) is 47.5 Å². The lowest BCUT2D eigenvalue weighted by Crippen LogP contribution is -2.48. The van der Waals surface area contributed by atoms with Crippen LogP contribution in [0.25, 0.3) is 0 Å². The van der Waals surface area contributed by atoms with Gasteiger partial charge in [-0.05, 0) is 24.2 Å². The molecule has 0 aliphatic carbocycles. The normalized spacial score (nSPS) is 27.5. The highest BCUT2D eigenvalue weighted by molar-refractivity contribution is 5.78. The third-order valence-corrected chi connectivity index (χ3v) is 3.93. The molecule has 0 aromatic heterocycles. The number of carbonyl (C=O) groups is 1. The van der Waals surface area contributed by atoms with Crippen molar-refractivity contribution in [2.75, 3.05) is 13.1 Å². The Morgan fingerprint density at radius 1 is 1.27 bits per heavy atom. The second kappa shape index (κ2) is 4.54. The zero-order chi connectivity index (χ0) is 11.6. The number of carbonyl (C=O) groups excluding carboxylic acids is 1. The predicted octanol–water partition coefficient (Wildman–Crippen LogP) is 2.93. The van der Waals surface area contributed by atoms with Gasteiger partial charge < -0.3 is 4.90 Å². The van der Waals surface area contributed by atoms with Gasteiger partial charge >= 0.3 is 0 Å². The number of piperidine rings is 1. The molecule has 0 saturated carbocycles. The molecule has 0 spiro atoms. The van der Waals surface area contributed by atoms with E-state index < -0.39 is 0 Å². The van der Waals surface area contributed by atoms with Crippen molar-refractivity contribution in [1.29, 1.82) is 0 Å². The van der Waals surface area contributed by atoms with Crippen molar-refractivity contribution in [3.8, 4) is 0 Å². The first-order valence-corrected chi connectivity index (χ1v) is 6.15. The van der Waals surface area contributed by atoms with Crippen LogP contribution in [0.1, 0.15) is 47.5 Å². The molecule has 1 fully saturated rings. The minimum Gasteiger partial charge on any atom is -0.342 e. The van der Waals surface area contributed by atoms with Gasteiger partial charge in [0.05, 0.1) is 0 Å². The van der Waals surface area contributed by atoms with Gasteiger partial charge in [0.15, 0.2) is 0 Å².